The second-order valence-electron chi connectivity index (χ2n) is 5.70. The summed E-state index contributed by atoms with van der Waals surface area (Å²) in [5.41, 5.74) is 3.35. The lowest BCUT2D eigenvalue weighted by Crippen LogP contribution is -2.23. The number of nitrogens with zero attached hydrogens (tertiary/aromatic N) is 4. The highest BCUT2D eigenvalue weighted by molar-refractivity contribution is 5.16. The summed E-state index contributed by atoms with van der Waals surface area (Å²) < 4.78 is 1.97. The highest BCUT2D eigenvalue weighted by atomic mass is 15.3. The zero-order chi connectivity index (χ0) is 16.1. The molecule has 0 bridgehead atoms. The number of hydrogen-bond donors (Lipinski definition) is 1. The normalized spacial score (nSPS) is 13.7. The monoisotopic (exact) mass is 307 g/mol. The van der Waals surface area contributed by atoms with E-state index in [1.165, 1.54) is 5.56 Å². The molecule has 23 heavy (non-hydrogen) atoms. The standard InChI is InChI=1S/C18H21N5/c1-14(22-15(2)18-11-19-8-9-20-18)17-10-21-23(13-17)12-16-6-4-3-5-7-16/h3-11,13-15,22H,12H2,1-2H3/t14-,15-/m1/s1. The second kappa shape index (κ2) is 7.15. The molecule has 3 aromatic rings. The van der Waals surface area contributed by atoms with Crippen molar-refractivity contribution in [2.75, 3.05) is 0 Å². The van der Waals surface area contributed by atoms with Crippen LogP contribution in [0.1, 0.15) is 42.8 Å². The van der Waals surface area contributed by atoms with Gasteiger partial charge in [0.05, 0.1) is 18.4 Å². The third-order valence-corrected chi connectivity index (χ3v) is 3.87. The summed E-state index contributed by atoms with van der Waals surface area (Å²) in [6, 6.07) is 10.7. The first-order chi connectivity index (χ1) is 11.2. The van der Waals surface area contributed by atoms with E-state index in [1.54, 1.807) is 18.6 Å². The van der Waals surface area contributed by atoms with Crippen LogP contribution in [-0.4, -0.2) is 19.7 Å². The fourth-order valence-corrected chi connectivity index (χ4v) is 2.55. The Bertz CT molecular complexity index is 723. The van der Waals surface area contributed by atoms with Crippen molar-refractivity contribution in [3.63, 3.8) is 0 Å². The number of nitrogens with one attached hydrogen (secondary N) is 1. The van der Waals surface area contributed by atoms with Crippen molar-refractivity contribution in [3.05, 3.63) is 78.1 Å². The van der Waals surface area contributed by atoms with Crippen molar-refractivity contribution in [1.29, 1.82) is 0 Å². The third-order valence-electron chi connectivity index (χ3n) is 3.87. The molecule has 2 heterocycles. The van der Waals surface area contributed by atoms with Crippen LogP contribution >= 0.6 is 0 Å². The molecular weight excluding hydrogens is 286 g/mol. The summed E-state index contributed by atoms with van der Waals surface area (Å²) in [6.07, 6.45) is 9.21. The fourth-order valence-electron chi connectivity index (χ4n) is 2.55. The molecule has 2 aromatic heterocycles. The van der Waals surface area contributed by atoms with Crippen LogP contribution in [0.4, 0.5) is 0 Å². The van der Waals surface area contributed by atoms with Crippen molar-refractivity contribution in [2.24, 2.45) is 0 Å². The van der Waals surface area contributed by atoms with Gasteiger partial charge in [-0.25, -0.2) is 0 Å². The molecule has 0 saturated carbocycles. The second-order valence-corrected chi connectivity index (χ2v) is 5.70. The lowest BCUT2D eigenvalue weighted by atomic mass is 10.1. The molecule has 0 unspecified atom stereocenters. The molecule has 0 aliphatic carbocycles. The molecule has 5 heteroatoms. The summed E-state index contributed by atoms with van der Waals surface area (Å²) in [7, 11) is 0. The van der Waals surface area contributed by atoms with Crippen LogP contribution in [-0.2, 0) is 6.54 Å². The molecule has 3 rings (SSSR count). The van der Waals surface area contributed by atoms with Crippen molar-refractivity contribution < 1.29 is 0 Å². The molecule has 0 fully saturated rings. The van der Waals surface area contributed by atoms with Gasteiger partial charge in [-0.05, 0) is 19.4 Å². The lowest BCUT2D eigenvalue weighted by Gasteiger charge is -2.18. The van der Waals surface area contributed by atoms with Gasteiger partial charge in [-0.3, -0.25) is 14.6 Å². The minimum absolute atomic E-state index is 0.135. The Balaban J connectivity index is 1.63. The van der Waals surface area contributed by atoms with Gasteiger partial charge in [0.2, 0.25) is 0 Å². The van der Waals surface area contributed by atoms with Crippen molar-refractivity contribution in [3.8, 4) is 0 Å². The summed E-state index contributed by atoms with van der Waals surface area (Å²) >= 11 is 0. The van der Waals surface area contributed by atoms with E-state index in [2.05, 4.69) is 52.6 Å². The van der Waals surface area contributed by atoms with E-state index in [4.69, 9.17) is 0 Å². The highest BCUT2D eigenvalue weighted by Crippen LogP contribution is 2.17. The van der Waals surface area contributed by atoms with Gasteiger partial charge in [-0.15, -0.1) is 0 Å². The van der Waals surface area contributed by atoms with Crippen LogP contribution in [0, 0.1) is 0 Å². The smallest absolute Gasteiger partial charge is 0.0753 e. The van der Waals surface area contributed by atoms with Crippen molar-refractivity contribution in [2.45, 2.75) is 32.5 Å². The Morgan fingerprint density at radius 2 is 1.87 bits per heavy atom. The van der Waals surface area contributed by atoms with Gasteiger partial charge >= 0.3 is 0 Å². The van der Waals surface area contributed by atoms with Gasteiger partial charge < -0.3 is 5.32 Å². The zero-order valence-electron chi connectivity index (χ0n) is 13.4. The highest BCUT2D eigenvalue weighted by Gasteiger charge is 2.13. The topological polar surface area (TPSA) is 55.6 Å². The van der Waals surface area contributed by atoms with Crippen molar-refractivity contribution >= 4 is 0 Å². The maximum atomic E-state index is 4.46. The maximum Gasteiger partial charge on any atom is 0.0753 e. The van der Waals surface area contributed by atoms with Gasteiger partial charge in [-0.2, -0.15) is 5.10 Å². The molecule has 5 nitrogen and oxygen atoms in total. The van der Waals surface area contributed by atoms with Crippen LogP contribution in [0.2, 0.25) is 0 Å². The third kappa shape index (κ3) is 4.02. The molecule has 118 valence electrons. The molecule has 1 aromatic carbocycles. The Hall–Kier alpha value is -2.53. The summed E-state index contributed by atoms with van der Waals surface area (Å²) in [5, 5.41) is 8.00. The van der Waals surface area contributed by atoms with E-state index >= 15 is 0 Å². The molecule has 0 radical (unpaired) electrons. The van der Waals surface area contributed by atoms with Crippen molar-refractivity contribution in [1.82, 2.24) is 25.1 Å². The Morgan fingerprint density at radius 1 is 1.04 bits per heavy atom. The predicted octanol–water partition coefficient (Wildman–Crippen LogP) is 3.13. The van der Waals surface area contributed by atoms with Gasteiger partial charge in [0.1, 0.15) is 0 Å². The van der Waals surface area contributed by atoms with Crippen LogP contribution in [0.15, 0.2) is 61.3 Å². The Kier molecular flexibility index (Phi) is 4.78. The van der Waals surface area contributed by atoms with Crippen LogP contribution in [0.3, 0.4) is 0 Å². The molecule has 1 N–H and O–H groups in total. The summed E-state index contributed by atoms with van der Waals surface area (Å²) in [6.45, 7) is 5.01. The van der Waals surface area contributed by atoms with Gasteiger partial charge in [0, 0.05) is 42.4 Å². The van der Waals surface area contributed by atoms with Gasteiger partial charge in [0.25, 0.3) is 0 Å². The lowest BCUT2D eigenvalue weighted by molar-refractivity contribution is 0.484. The summed E-state index contributed by atoms with van der Waals surface area (Å²) in [4.78, 5) is 8.46. The van der Waals surface area contributed by atoms with Crippen LogP contribution in [0.5, 0.6) is 0 Å². The Morgan fingerprint density at radius 3 is 2.61 bits per heavy atom. The average molecular weight is 307 g/mol. The van der Waals surface area contributed by atoms with E-state index in [-0.39, 0.29) is 12.1 Å². The molecule has 2 atom stereocenters. The molecule has 0 saturated heterocycles. The molecule has 0 amide bonds. The van der Waals surface area contributed by atoms with Gasteiger partial charge in [-0.1, -0.05) is 30.3 Å². The maximum absolute atomic E-state index is 4.46. The van der Waals surface area contributed by atoms with Crippen LogP contribution < -0.4 is 5.32 Å². The summed E-state index contributed by atoms with van der Waals surface area (Å²) in [5.74, 6) is 0. The van der Waals surface area contributed by atoms with E-state index in [1.807, 2.05) is 29.1 Å². The minimum atomic E-state index is 0.135. The van der Waals surface area contributed by atoms with E-state index in [9.17, 15) is 0 Å². The first kappa shape index (κ1) is 15.4. The quantitative estimate of drug-likeness (QED) is 0.760. The number of aromatic nitrogens is 4. The SMILES string of the molecule is C[C@@H](N[C@H](C)c1cnccn1)c1cnn(Cc2ccccc2)c1. The molecule has 0 spiro atoms. The average Bonchev–Trinajstić information content (AvgIpc) is 3.05. The van der Waals surface area contributed by atoms with Crippen LogP contribution in [0.25, 0.3) is 0 Å². The molecule has 0 aliphatic heterocycles. The number of rotatable bonds is 6. The largest absolute Gasteiger partial charge is 0.302 e. The van der Waals surface area contributed by atoms with Gasteiger partial charge in [0.15, 0.2) is 0 Å². The van der Waals surface area contributed by atoms with E-state index < -0.39 is 0 Å². The molecular formula is C18H21N5. The predicted molar refractivity (Wildman–Crippen MR) is 89.8 cm³/mol. The first-order valence-electron chi connectivity index (χ1n) is 7.80. The molecule has 0 aliphatic rings. The minimum Gasteiger partial charge on any atom is -0.302 e. The number of benzene rings is 1. The Labute approximate surface area is 136 Å². The first-order valence-corrected chi connectivity index (χ1v) is 7.80. The van der Waals surface area contributed by atoms with E-state index in [0.29, 0.717) is 0 Å². The van der Waals surface area contributed by atoms with E-state index in [0.717, 1.165) is 17.8 Å². The number of hydrogen-bond acceptors (Lipinski definition) is 4. The zero-order valence-corrected chi connectivity index (χ0v) is 13.4. The fraction of sp³-hybridized carbons (Fsp3) is 0.278.